The molecule has 1 aliphatic rings. The van der Waals surface area contributed by atoms with Gasteiger partial charge in [-0.25, -0.2) is 4.79 Å². The topological polar surface area (TPSA) is 46.5 Å². The Morgan fingerprint density at radius 3 is 2.89 bits per heavy atom. The molecule has 1 saturated heterocycles. The van der Waals surface area contributed by atoms with Crippen molar-refractivity contribution >= 4 is 17.7 Å². The number of thioether (sulfide) groups is 1. The lowest BCUT2D eigenvalue weighted by atomic mass is 10.2. The lowest BCUT2D eigenvalue weighted by Gasteiger charge is -2.12. The molecule has 2 rings (SSSR count). The molecule has 1 aliphatic heterocycles. The van der Waals surface area contributed by atoms with Crippen molar-refractivity contribution < 1.29 is 14.6 Å². The minimum absolute atomic E-state index is 0.0658. The number of aryl methyl sites for hydroxylation is 2. The average Bonchev–Trinajstić information content (AvgIpc) is 2.79. The molecule has 2 atom stereocenters. The van der Waals surface area contributed by atoms with Gasteiger partial charge in [0.2, 0.25) is 0 Å². The molecule has 0 amide bonds. The number of hydrogen-bond donors (Lipinski definition) is 1. The van der Waals surface area contributed by atoms with E-state index in [-0.39, 0.29) is 6.10 Å². The summed E-state index contributed by atoms with van der Waals surface area (Å²) >= 11 is 1.75. The lowest BCUT2D eigenvalue weighted by Crippen LogP contribution is -2.21. The van der Waals surface area contributed by atoms with Gasteiger partial charge in [0.15, 0.2) is 6.10 Å². The van der Waals surface area contributed by atoms with Crippen molar-refractivity contribution in [2.75, 3.05) is 5.75 Å². The summed E-state index contributed by atoms with van der Waals surface area (Å²) in [6, 6.07) is 6.39. The Hall–Kier alpha value is -1.00. The van der Waals surface area contributed by atoms with Gasteiger partial charge in [-0.15, -0.1) is 11.8 Å². The smallest absolute Gasteiger partial charge is 0.332 e. The highest BCUT2D eigenvalue weighted by atomic mass is 32.2. The summed E-state index contributed by atoms with van der Waals surface area (Å²) in [6.07, 6.45) is 0.938. The van der Waals surface area contributed by atoms with Gasteiger partial charge >= 0.3 is 5.97 Å². The number of rotatable bonds is 4. The van der Waals surface area contributed by atoms with Crippen LogP contribution in [0.15, 0.2) is 23.1 Å². The Morgan fingerprint density at radius 1 is 1.44 bits per heavy atom. The van der Waals surface area contributed by atoms with Crippen molar-refractivity contribution in [2.45, 2.75) is 43.8 Å². The predicted molar refractivity (Wildman–Crippen MR) is 72.2 cm³/mol. The molecule has 1 N–H and O–H groups in total. The third-order valence-electron chi connectivity index (χ3n) is 3.15. The van der Waals surface area contributed by atoms with Gasteiger partial charge in [0.1, 0.15) is 0 Å². The summed E-state index contributed by atoms with van der Waals surface area (Å²) in [5.74, 6) is -0.0112. The molecule has 18 heavy (non-hydrogen) atoms. The minimum atomic E-state index is -0.839. The third-order valence-corrected chi connectivity index (χ3v) is 4.44. The first-order valence-corrected chi connectivity index (χ1v) is 7.13. The second-order valence-corrected chi connectivity index (χ2v) is 5.80. The quantitative estimate of drug-likeness (QED) is 0.851. The number of ether oxygens (including phenoxy) is 1. The fourth-order valence-corrected chi connectivity index (χ4v) is 3.23. The Labute approximate surface area is 112 Å². The van der Waals surface area contributed by atoms with Crippen LogP contribution in [0.3, 0.4) is 0 Å². The molecule has 0 aliphatic carbocycles. The van der Waals surface area contributed by atoms with Crippen molar-refractivity contribution in [1.82, 2.24) is 0 Å². The molecular weight excluding hydrogens is 248 g/mol. The van der Waals surface area contributed by atoms with Crippen LogP contribution in [0.5, 0.6) is 0 Å². The van der Waals surface area contributed by atoms with E-state index in [1.165, 1.54) is 16.0 Å². The van der Waals surface area contributed by atoms with Crippen LogP contribution in [-0.2, 0) is 9.53 Å². The van der Waals surface area contributed by atoms with Gasteiger partial charge in [-0.1, -0.05) is 17.7 Å². The van der Waals surface area contributed by atoms with Crippen molar-refractivity contribution in [3.63, 3.8) is 0 Å². The van der Waals surface area contributed by atoms with E-state index in [0.717, 1.165) is 12.2 Å². The summed E-state index contributed by atoms with van der Waals surface area (Å²) in [7, 11) is 0. The van der Waals surface area contributed by atoms with Crippen molar-refractivity contribution in [3.8, 4) is 0 Å². The lowest BCUT2D eigenvalue weighted by molar-refractivity contribution is -0.148. The first kappa shape index (κ1) is 13.4. The van der Waals surface area contributed by atoms with Gasteiger partial charge in [-0.3, -0.25) is 0 Å². The van der Waals surface area contributed by atoms with Gasteiger partial charge in [0, 0.05) is 10.6 Å². The largest absolute Gasteiger partial charge is 0.479 e. The third kappa shape index (κ3) is 3.27. The molecule has 3 nitrogen and oxygen atoms in total. The van der Waals surface area contributed by atoms with E-state index in [2.05, 4.69) is 32.0 Å². The Kier molecular flexibility index (Phi) is 4.30. The molecule has 1 aromatic carbocycles. The van der Waals surface area contributed by atoms with Crippen LogP contribution in [0.25, 0.3) is 0 Å². The van der Waals surface area contributed by atoms with Gasteiger partial charge in [-0.2, -0.15) is 0 Å². The summed E-state index contributed by atoms with van der Waals surface area (Å²) in [5.41, 5.74) is 2.51. The summed E-state index contributed by atoms with van der Waals surface area (Å²) in [6.45, 7) is 4.17. The molecule has 0 radical (unpaired) electrons. The molecule has 0 bridgehead atoms. The van der Waals surface area contributed by atoms with Crippen molar-refractivity contribution in [2.24, 2.45) is 0 Å². The van der Waals surface area contributed by atoms with Crippen LogP contribution >= 0.6 is 11.8 Å². The molecule has 98 valence electrons. The second kappa shape index (κ2) is 5.76. The second-order valence-electron chi connectivity index (χ2n) is 4.74. The molecule has 0 spiro atoms. The molecule has 0 saturated carbocycles. The standard InChI is InChI=1S/C14H18O3S/c1-9-3-4-10(2)13(7-9)18-8-11-5-6-12(17-11)14(15)16/h3-4,7,11-12H,5-6,8H2,1-2H3,(H,15,16). The van der Waals surface area contributed by atoms with Crippen LogP contribution in [0, 0.1) is 13.8 Å². The van der Waals surface area contributed by atoms with Crippen LogP contribution in [0.2, 0.25) is 0 Å². The van der Waals surface area contributed by atoms with Crippen LogP contribution in [0.1, 0.15) is 24.0 Å². The number of carboxylic acids is 1. The minimum Gasteiger partial charge on any atom is -0.479 e. The normalized spacial score (nSPS) is 23.2. The van der Waals surface area contributed by atoms with Crippen molar-refractivity contribution in [3.05, 3.63) is 29.3 Å². The highest BCUT2D eigenvalue weighted by molar-refractivity contribution is 7.99. The maximum Gasteiger partial charge on any atom is 0.332 e. The van der Waals surface area contributed by atoms with Gasteiger partial charge in [0.25, 0.3) is 0 Å². The molecular formula is C14H18O3S. The Morgan fingerprint density at radius 2 is 2.22 bits per heavy atom. The summed E-state index contributed by atoms with van der Waals surface area (Å²) < 4.78 is 5.49. The number of carboxylic acid groups (broad SMARTS) is 1. The maximum atomic E-state index is 10.8. The molecule has 1 heterocycles. The van der Waals surface area contributed by atoms with E-state index in [1.54, 1.807) is 11.8 Å². The van der Waals surface area contributed by atoms with Crippen LogP contribution in [-0.4, -0.2) is 29.0 Å². The zero-order chi connectivity index (χ0) is 13.1. The zero-order valence-electron chi connectivity index (χ0n) is 10.7. The SMILES string of the molecule is Cc1ccc(C)c(SCC2CCC(C(=O)O)O2)c1. The molecule has 0 aromatic heterocycles. The van der Waals surface area contributed by atoms with E-state index in [1.807, 2.05) is 0 Å². The van der Waals surface area contributed by atoms with Crippen LogP contribution in [0.4, 0.5) is 0 Å². The number of carbonyl (C=O) groups is 1. The molecule has 2 unspecified atom stereocenters. The number of aliphatic carboxylic acids is 1. The fraction of sp³-hybridized carbons (Fsp3) is 0.500. The fourth-order valence-electron chi connectivity index (χ4n) is 2.06. The maximum absolute atomic E-state index is 10.8. The predicted octanol–water partition coefficient (Wildman–Crippen LogP) is 3.03. The van der Waals surface area contributed by atoms with E-state index < -0.39 is 12.1 Å². The molecule has 4 heteroatoms. The number of benzene rings is 1. The van der Waals surface area contributed by atoms with E-state index in [4.69, 9.17) is 9.84 Å². The van der Waals surface area contributed by atoms with Gasteiger partial charge < -0.3 is 9.84 Å². The van der Waals surface area contributed by atoms with Crippen LogP contribution < -0.4 is 0 Å². The monoisotopic (exact) mass is 266 g/mol. The summed E-state index contributed by atoms with van der Waals surface area (Å²) in [4.78, 5) is 12.0. The first-order valence-electron chi connectivity index (χ1n) is 6.14. The average molecular weight is 266 g/mol. The Bertz CT molecular complexity index is 445. The number of hydrogen-bond acceptors (Lipinski definition) is 3. The Balaban J connectivity index is 1.89. The van der Waals surface area contributed by atoms with Gasteiger partial charge in [-0.05, 0) is 38.3 Å². The highest BCUT2D eigenvalue weighted by Gasteiger charge is 2.30. The molecule has 1 fully saturated rings. The zero-order valence-corrected chi connectivity index (χ0v) is 11.5. The highest BCUT2D eigenvalue weighted by Crippen LogP contribution is 2.29. The summed E-state index contributed by atoms with van der Waals surface area (Å²) in [5, 5.41) is 8.86. The van der Waals surface area contributed by atoms with E-state index in [9.17, 15) is 4.79 Å². The van der Waals surface area contributed by atoms with Crippen molar-refractivity contribution in [1.29, 1.82) is 0 Å². The van der Waals surface area contributed by atoms with E-state index in [0.29, 0.717) is 6.42 Å². The van der Waals surface area contributed by atoms with E-state index >= 15 is 0 Å². The molecule has 1 aromatic rings. The first-order chi connectivity index (χ1) is 8.56. The van der Waals surface area contributed by atoms with Gasteiger partial charge in [0.05, 0.1) is 6.10 Å².